The van der Waals surface area contributed by atoms with Gasteiger partial charge in [0.05, 0.1) is 18.0 Å². The molecule has 4 rings (SSSR count). The molecule has 1 fully saturated rings. The fourth-order valence-electron chi connectivity index (χ4n) is 3.90. The van der Waals surface area contributed by atoms with Crippen LogP contribution in [0.3, 0.4) is 0 Å². The van der Waals surface area contributed by atoms with E-state index >= 15 is 0 Å². The maximum Gasteiger partial charge on any atom is 0.275 e. The van der Waals surface area contributed by atoms with Crippen molar-refractivity contribution in [1.29, 1.82) is 0 Å². The van der Waals surface area contributed by atoms with Crippen molar-refractivity contribution in [3.05, 3.63) is 70.1 Å². The predicted octanol–water partition coefficient (Wildman–Crippen LogP) is 3.31. The Kier molecular flexibility index (Phi) is 4.86. The van der Waals surface area contributed by atoms with Crippen molar-refractivity contribution in [1.82, 2.24) is 14.7 Å². The molecule has 0 N–H and O–H groups in total. The number of carbonyl (C=O) groups excluding carboxylic acids is 1. The molecule has 1 saturated heterocycles. The second kappa shape index (κ2) is 7.46. The van der Waals surface area contributed by atoms with Crippen LogP contribution < -0.4 is 10.3 Å². The number of nitrogens with zero attached hydrogens (tertiary/aromatic N) is 3. The highest BCUT2D eigenvalue weighted by molar-refractivity contribution is 6.05. The number of ether oxygens (including phenoxy) is 1. The quantitative estimate of drug-likeness (QED) is 0.700. The van der Waals surface area contributed by atoms with E-state index in [4.69, 9.17) is 4.74 Å². The molecule has 6 nitrogen and oxygen atoms in total. The molecule has 28 heavy (non-hydrogen) atoms. The topological polar surface area (TPSA) is 64.4 Å². The van der Waals surface area contributed by atoms with Crippen LogP contribution >= 0.6 is 0 Å². The molecule has 3 aromatic rings. The first-order valence-corrected chi connectivity index (χ1v) is 9.60. The number of rotatable bonds is 4. The number of likely N-dealkylation sites (tertiary alicyclic amines) is 1. The summed E-state index contributed by atoms with van der Waals surface area (Å²) >= 11 is 0. The Morgan fingerprint density at radius 3 is 2.57 bits per heavy atom. The van der Waals surface area contributed by atoms with Gasteiger partial charge in [-0.3, -0.25) is 9.59 Å². The number of hydrogen-bond donors (Lipinski definition) is 0. The molecule has 2 heterocycles. The van der Waals surface area contributed by atoms with Crippen LogP contribution in [0.15, 0.2) is 53.3 Å². The number of amides is 1. The van der Waals surface area contributed by atoms with Gasteiger partial charge in [-0.25, -0.2) is 4.68 Å². The van der Waals surface area contributed by atoms with Gasteiger partial charge < -0.3 is 9.64 Å². The third-order valence-corrected chi connectivity index (χ3v) is 5.25. The summed E-state index contributed by atoms with van der Waals surface area (Å²) < 4.78 is 6.76. The van der Waals surface area contributed by atoms with E-state index in [1.54, 1.807) is 25.2 Å². The van der Waals surface area contributed by atoms with Crippen molar-refractivity contribution in [2.24, 2.45) is 7.05 Å². The fraction of sp³-hybridized carbons (Fsp3) is 0.318. The molecule has 1 amide bonds. The van der Waals surface area contributed by atoms with Crippen molar-refractivity contribution < 1.29 is 9.53 Å². The molecular formula is C22H23N3O3. The minimum atomic E-state index is -0.198. The Bertz CT molecular complexity index is 1070. The second-order valence-electron chi connectivity index (χ2n) is 6.98. The lowest BCUT2D eigenvalue weighted by Gasteiger charge is -2.25. The number of benzene rings is 2. The Hall–Kier alpha value is -3.15. The first-order valence-electron chi connectivity index (χ1n) is 9.60. The van der Waals surface area contributed by atoms with Gasteiger partial charge in [0.1, 0.15) is 5.75 Å². The zero-order chi connectivity index (χ0) is 19.7. The van der Waals surface area contributed by atoms with E-state index in [0.717, 1.165) is 24.2 Å². The predicted molar refractivity (Wildman–Crippen MR) is 108 cm³/mol. The zero-order valence-electron chi connectivity index (χ0n) is 16.1. The minimum Gasteiger partial charge on any atom is -0.494 e. The van der Waals surface area contributed by atoms with Crippen LogP contribution in [0.4, 0.5) is 0 Å². The lowest BCUT2D eigenvalue weighted by molar-refractivity contribution is 0.0729. The summed E-state index contributed by atoms with van der Waals surface area (Å²) in [5.41, 5.74) is 1.22. The number of aryl methyl sites for hydroxylation is 1. The van der Waals surface area contributed by atoms with Crippen molar-refractivity contribution in [2.45, 2.75) is 25.8 Å². The van der Waals surface area contributed by atoms with Crippen molar-refractivity contribution in [3.8, 4) is 5.75 Å². The van der Waals surface area contributed by atoms with E-state index in [-0.39, 0.29) is 17.5 Å². The Balaban J connectivity index is 1.70. The van der Waals surface area contributed by atoms with Crippen LogP contribution in [0.25, 0.3) is 10.8 Å². The van der Waals surface area contributed by atoms with Crippen LogP contribution in [-0.4, -0.2) is 33.7 Å². The van der Waals surface area contributed by atoms with Gasteiger partial charge in [0.15, 0.2) is 5.69 Å². The van der Waals surface area contributed by atoms with Gasteiger partial charge in [-0.1, -0.05) is 30.3 Å². The molecule has 144 valence electrons. The van der Waals surface area contributed by atoms with E-state index in [9.17, 15) is 9.59 Å². The summed E-state index contributed by atoms with van der Waals surface area (Å²) in [6.07, 6.45) is 1.84. The lowest BCUT2D eigenvalue weighted by Crippen LogP contribution is -2.33. The largest absolute Gasteiger partial charge is 0.494 e. The van der Waals surface area contributed by atoms with Crippen LogP contribution in [0, 0.1) is 0 Å². The first kappa shape index (κ1) is 18.2. The van der Waals surface area contributed by atoms with E-state index in [0.29, 0.717) is 29.6 Å². The molecule has 0 aliphatic carbocycles. The third kappa shape index (κ3) is 3.15. The second-order valence-corrected chi connectivity index (χ2v) is 6.98. The van der Waals surface area contributed by atoms with E-state index < -0.39 is 0 Å². The molecule has 1 aliphatic heterocycles. The smallest absolute Gasteiger partial charge is 0.275 e. The Morgan fingerprint density at radius 1 is 1.14 bits per heavy atom. The van der Waals surface area contributed by atoms with Gasteiger partial charge in [0, 0.05) is 19.0 Å². The molecule has 0 spiro atoms. The van der Waals surface area contributed by atoms with Crippen LogP contribution in [0.5, 0.6) is 5.75 Å². The summed E-state index contributed by atoms with van der Waals surface area (Å²) in [6.45, 7) is 3.25. The van der Waals surface area contributed by atoms with Crippen molar-refractivity contribution in [3.63, 3.8) is 0 Å². The SMILES string of the molecule is CCOc1ccc(C2CCCN2C(=O)c2nn(C)c(=O)c3ccccc23)cc1. The van der Waals surface area contributed by atoms with Gasteiger partial charge in [0.2, 0.25) is 0 Å². The van der Waals surface area contributed by atoms with Gasteiger partial charge in [-0.2, -0.15) is 5.10 Å². The average Bonchev–Trinajstić information content (AvgIpc) is 3.21. The number of fused-ring (bicyclic) bond motifs is 1. The summed E-state index contributed by atoms with van der Waals surface area (Å²) in [6, 6.07) is 15.1. The number of hydrogen-bond acceptors (Lipinski definition) is 4. The molecule has 1 unspecified atom stereocenters. The maximum absolute atomic E-state index is 13.4. The van der Waals surface area contributed by atoms with Crippen LogP contribution in [-0.2, 0) is 7.05 Å². The average molecular weight is 377 g/mol. The molecule has 0 radical (unpaired) electrons. The van der Waals surface area contributed by atoms with Crippen LogP contribution in [0.2, 0.25) is 0 Å². The van der Waals surface area contributed by atoms with Gasteiger partial charge >= 0.3 is 0 Å². The van der Waals surface area contributed by atoms with E-state index in [1.807, 2.05) is 42.2 Å². The van der Waals surface area contributed by atoms with E-state index in [2.05, 4.69) is 5.10 Å². The summed E-state index contributed by atoms with van der Waals surface area (Å²) in [7, 11) is 1.58. The monoisotopic (exact) mass is 377 g/mol. The summed E-state index contributed by atoms with van der Waals surface area (Å²) in [4.78, 5) is 27.6. The zero-order valence-corrected chi connectivity index (χ0v) is 16.1. The first-order chi connectivity index (χ1) is 13.6. The molecule has 2 aromatic carbocycles. The third-order valence-electron chi connectivity index (χ3n) is 5.25. The number of carbonyl (C=O) groups is 1. The molecule has 1 aliphatic rings. The highest BCUT2D eigenvalue weighted by Crippen LogP contribution is 2.34. The highest BCUT2D eigenvalue weighted by Gasteiger charge is 2.32. The molecular weight excluding hydrogens is 354 g/mol. The minimum absolute atomic E-state index is 0.000901. The van der Waals surface area contributed by atoms with Crippen molar-refractivity contribution in [2.75, 3.05) is 13.2 Å². The molecule has 6 heteroatoms. The van der Waals surface area contributed by atoms with Gasteiger partial charge in [-0.05, 0) is 43.5 Å². The fourth-order valence-corrected chi connectivity index (χ4v) is 3.90. The molecule has 1 atom stereocenters. The normalized spacial score (nSPS) is 16.5. The van der Waals surface area contributed by atoms with Crippen LogP contribution in [0.1, 0.15) is 41.9 Å². The lowest BCUT2D eigenvalue weighted by atomic mass is 10.0. The van der Waals surface area contributed by atoms with Crippen molar-refractivity contribution >= 4 is 16.7 Å². The maximum atomic E-state index is 13.4. The standard InChI is InChI=1S/C22H23N3O3/c1-3-28-16-12-10-15(11-13-16)19-9-6-14-25(19)22(27)20-17-7-4-5-8-18(17)21(26)24(2)23-20/h4-5,7-8,10-13,19H,3,6,9,14H2,1-2H3. The Morgan fingerprint density at radius 2 is 1.86 bits per heavy atom. The Labute approximate surface area is 163 Å². The van der Waals surface area contributed by atoms with E-state index in [1.165, 1.54) is 4.68 Å². The molecule has 0 bridgehead atoms. The van der Waals surface area contributed by atoms with Gasteiger partial charge in [0.25, 0.3) is 11.5 Å². The number of aromatic nitrogens is 2. The molecule has 1 aromatic heterocycles. The highest BCUT2D eigenvalue weighted by atomic mass is 16.5. The molecule has 0 saturated carbocycles. The summed E-state index contributed by atoms with van der Waals surface area (Å²) in [5.74, 6) is 0.691. The summed E-state index contributed by atoms with van der Waals surface area (Å²) in [5, 5.41) is 5.42. The van der Waals surface area contributed by atoms with Gasteiger partial charge in [-0.15, -0.1) is 0 Å².